The molecular weight excluding hydrogens is 452 g/mol. The van der Waals surface area contributed by atoms with Gasteiger partial charge in [-0.3, -0.25) is 9.59 Å². The highest BCUT2D eigenvalue weighted by Crippen LogP contribution is 2.21. The van der Waals surface area contributed by atoms with Crippen LogP contribution in [0.15, 0.2) is 54.6 Å². The third-order valence-electron chi connectivity index (χ3n) is 5.83. The number of carbonyl (C=O) groups excluding carboxylic acids is 2. The van der Waals surface area contributed by atoms with Crippen molar-refractivity contribution < 1.29 is 18.0 Å². The van der Waals surface area contributed by atoms with Crippen LogP contribution in [0.2, 0.25) is 0 Å². The lowest BCUT2D eigenvalue weighted by atomic mass is 10.1. The molecule has 0 aromatic heterocycles. The van der Waals surface area contributed by atoms with E-state index in [2.05, 4.69) is 5.32 Å². The highest BCUT2D eigenvalue weighted by Gasteiger charge is 2.32. The third-order valence-corrected chi connectivity index (χ3v) is 7.65. The molecule has 0 fully saturated rings. The average molecular weight is 489 g/mol. The van der Waals surface area contributed by atoms with Crippen LogP contribution < -0.4 is 9.62 Å². The van der Waals surface area contributed by atoms with Crippen LogP contribution in [0.25, 0.3) is 0 Å². The van der Waals surface area contributed by atoms with Crippen LogP contribution in [0.4, 0.5) is 5.69 Å². The maximum Gasteiger partial charge on any atom is 0.304 e. The Labute approximate surface area is 203 Å². The van der Waals surface area contributed by atoms with E-state index in [1.165, 1.54) is 19.0 Å². The highest BCUT2D eigenvalue weighted by molar-refractivity contribution is 7.90. The molecule has 2 atom stereocenters. The van der Waals surface area contributed by atoms with E-state index in [1.54, 1.807) is 37.3 Å². The Morgan fingerprint density at radius 1 is 0.971 bits per heavy atom. The second-order valence-electron chi connectivity index (χ2n) is 8.57. The van der Waals surface area contributed by atoms with Crippen LogP contribution in [0.3, 0.4) is 0 Å². The predicted molar refractivity (Wildman–Crippen MR) is 135 cm³/mol. The molecule has 2 aromatic rings. The molecule has 9 heteroatoms. The van der Waals surface area contributed by atoms with Gasteiger partial charge in [-0.25, -0.2) is 4.31 Å². The molecule has 0 unspecified atom stereocenters. The van der Waals surface area contributed by atoms with Crippen molar-refractivity contribution in [3.05, 3.63) is 65.7 Å². The van der Waals surface area contributed by atoms with E-state index in [1.807, 2.05) is 45.0 Å². The van der Waals surface area contributed by atoms with Crippen molar-refractivity contribution >= 4 is 27.7 Å². The van der Waals surface area contributed by atoms with E-state index >= 15 is 0 Å². The molecule has 1 N–H and O–H groups in total. The fraction of sp³-hybridized carbons (Fsp3) is 0.440. The fourth-order valence-corrected chi connectivity index (χ4v) is 4.39. The summed E-state index contributed by atoms with van der Waals surface area (Å²) in [6, 6.07) is 15.3. The minimum absolute atomic E-state index is 0.0414. The zero-order valence-corrected chi connectivity index (χ0v) is 21.7. The van der Waals surface area contributed by atoms with Crippen molar-refractivity contribution in [1.82, 2.24) is 14.5 Å². The molecule has 0 radical (unpaired) electrons. The van der Waals surface area contributed by atoms with Gasteiger partial charge in [-0.05, 0) is 50.5 Å². The lowest BCUT2D eigenvalue weighted by Crippen LogP contribution is -2.53. The minimum atomic E-state index is -3.95. The van der Waals surface area contributed by atoms with Crippen LogP contribution in [-0.4, -0.2) is 62.2 Å². The van der Waals surface area contributed by atoms with Crippen molar-refractivity contribution in [1.29, 1.82) is 0 Å². The summed E-state index contributed by atoms with van der Waals surface area (Å²) in [6.07, 6.45) is 0.757. The maximum atomic E-state index is 13.6. The largest absolute Gasteiger partial charge is 0.352 e. The summed E-state index contributed by atoms with van der Waals surface area (Å²) in [5, 5.41) is 2.93. The number of aryl methyl sites for hydroxylation is 1. The summed E-state index contributed by atoms with van der Waals surface area (Å²) in [5.74, 6) is -0.748. The molecule has 2 amide bonds. The monoisotopic (exact) mass is 488 g/mol. The molecule has 0 saturated carbocycles. The van der Waals surface area contributed by atoms with Crippen LogP contribution in [-0.2, 0) is 26.3 Å². The summed E-state index contributed by atoms with van der Waals surface area (Å²) in [6.45, 7) is 7.23. The fourth-order valence-electron chi connectivity index (χ4n) is 3.33. The van der Waals surface area contributed by atoms with Gasteiger partial charge >= 0.3 is 10.2 Å². The third kappa shape index (κ3) is 6.80. The van der Waals surface area contributed by atoms with Crippen LogP contribution in [0.5, 0.6) is 0 Å². The van der Waals surface area contributed by atoms with Gasteiger partial charge in [-0.2, -0.15) is 12.7 Å². The molecule has 0 aliphatic heterocycles. The Morgan fingerprint density at radius 3 is 2.12 bits per heavy atom. The minimum Gasteiger partial charge on any atom is -0.352 e. The summed E-state index contributed by atoms with van der Waals surface area (Å²) >= 11 is 0. The molecular formula is C25H36N4O4S. The Bertz CT molecular complexity index is 1070. The normalized spacial score (nSPS) is 13.3. The molecule has 2 rings (SSSR count). The number of carbonyl (C=O) groups is 2. The van der Waals surface area contributed by atoms with Crippen molar-refractivity contribution in [2.45, 2.75) is 52.7 Å². The summed E-state index contributed by atoms with van der Waals surface area (Å²) in [4.78, 5) is 28.0. The van der Waals surface area contributed by atoms with E-state index in [9.17, 15) is 18.0 Å². The quantitative estimate of drug-likeness (QED) is 0.527. The molecule has 34 heavy (non-hydrogen) atoms. The van der Waals surface area contributed by atoms with Gasteiger partial charge in [0.2, 0.25) is 11.8 Å². The number of nitrogens with zero attached hydrogens (tertiary/aromatic N) is 3. The van der Waals surface area contributed by atoms with Gasteiger partial charge in [0.1, 0.15) is 12.6 Å². The first-order valence-corrected chi connectivity index (χ1v) is 12.8. The summed E-state index contributed by atoms with van der Waals surface area (Å²) < 4.78 is 28.3. The number of amides is 2. The van der Waals surface area contributed by atoms with Crippen molar-refractivity contribution in [2.75, 3.05) is 24.9 Å². The van der Waals surface area contributed by atoms with E-state index in [-0.39, 0.29) is 18.5 Å². The van der Waals surface area contributed by atoms with Gasteiger partial charge in [0.15, 0.2) is 0 Å². The highest BCUT2D eigenvalue weighted by atomic mass is 32.2. The topological polar surface area (TPSA) is 90.0 Å². The smallest absolute Gasteiger partial charge is 0.304 e. The molecule has 8 nitrogen and oxygen atoms in total. The number of anilines is 1. The lowest BCUT2D eigenvalue weighted by Gasteiger charge is -2.33. The van der Waals surface area contributed by atoms with Gasteiger partial charge in [0, 0.05) is 26.7 Å². The molecule has 0 aliphatic rings. The number of benzene rings is 2. The lowest BCUT2D eigenvalue weighted by molar-refractivity contribution is -0.139. The van der Waals surface area contributed by atoms with E-state index in [4.69, 9.17) is 0 Å². The van der Waals surface area contributed by atoms with Crippen LogP contribution in [0, 0.1) is 6.92 Å². The summed E-state index contributed by atoms with van der Waals surface area (Å²) in [5.41, 5.74) is 2.24. The second kappa shape index (κ2) is 12.0. The maximum absolute atomic E-state index is 13.6. The second-order valence-corrected chi connectivity index (χ2v) is 10.6. The van der Waals surface area contributed by atoms with Crippen LogP contribution >= 0.6 is 0 Å². The number of hydrogen-bond donors (Lipinski definition) is 1. The van der Waals surface area contributed by atoms with Crippen molar-refractivity contribution in [3.63, 3.8) is 0 Å². The molecule has 0 bridgehead atoms. The zero-order valence-electron chi connectivity index (χ0n) is 20.9. The first kappa shape index (κ1) is 27.3. The number of para-hydroxylation sites is 1. The van der Waals surface area contributed by atoms with Gasteiger partial charge < -0.3 is 10.2 Å². The van der Waals surface area contributed by atoms with E-state index in [0.717, 1.165) is 26.2 Å². The van der Waals surface area contributed by atoms with E-state index in [0.29, 0.717) is 5.69 Å². The molecule has 0 aliphatic carbocycles. The first-order valence-electron chi connectivity index (χ1n) is 11.4. The Hall–Kier alpha value is -2.91. The van der Waals surface area contributed by atoms with E-state index < -0.39 is 28.7 Å². The molecule has 0 spiro atoms. The van der Waals surface area contributed by atoms with Gasteiger partial charge in [0.05, 0.1) is 5.69 Å². The Morgan fingerprint density at radius 2 is 1.56 bits per heavy atom. The SMILES string of the molecule is CC[C@H](C)NC(=O)[C@@H](C)N(Cc1ccccc1C)C(=O)CN(c1ccccc1)S(=O)(=O)N(C)C. The van der Waals surface area contributed by atoms with Crippen LogP contribution in [0.1, 0.15) is 38.3 Å². The predicted octanol–water partition coefficient (Wildman–Crippen LogP) is 2.94. The number of hydrogen-bond acceptors (Lipinski definition) is 4. The average Bonchev–Trinajstić information content (AvgIpc) is 2.81. The Balaban J connectivity index is 2.43. The van der Waals surface area contributed by atoms with Crippen molar-refractivity contribution in [3.8, 4) is 0 Å². The standard InChI is InChI=1S/C25H36N4O4S/c1-7-20(3)26-25(31)21(4)28(17-22-14-12-11-13-19(22)2)24(30)18-29(34(32,33)27(5)6)23-15-9-8-10-16-23/h8-16,20-21H,7,17-18H2,1-6H3,(H,26,31)/t20-,21+/m0/s1. The summed E-state index contributed by atoms with van der Waals surface area (Å²) in [7, 11) is -1.11. The molecule has 0 heterocycles. The molecule has 2 aromatic carbocycles. The first-order chi connectivity index (χ1) is 16.0. The van der Waals surface area contributed by atoms with Crippen molar-refractivity contribution in [2.24, 2.45) is 0 Å². The Kier molecular flexibility index (Phi) is 9.64. The molecule has 0 saturated heterocycles. The van der Waals surface area contributed by atoms with Gasteiger partial charge in [-0.1, -0.05) is 49.4 Å². The molecule has 186 valence electrons. The van der Waals surface area contributed by atoms with Gasteiger partial charge in [0.25, 0.3) is 0 Å². The number of nitrogens with one attached hydrogen (secondary N) is 1. The van der Waals surface area contributed by atoms with Gasteiger partial charge in [-0.15, -0.1) is 0 Å². The number of rotatable bonds is 11. The zero-order chi connectivity index (χ0) is 25.5.